The summed E-state index contributed by atoms with van der Waals surface area (Å²) in [5, 5.41) is 6.98. The van der Waals surface area contributed by atoms with Crippen molar-refractivity contribution in [3.05, 3.63) is 11.9 Å². The summed E-state index contributed by atoms with van der Waals surface area (Å²) in [7, 11) is 0. The molecule has 114 valence electrons. The van der Waals surface area contributed by atoms with E-state index >= 15 is 0 Å². The quantitative estimate of drug-likeness (QED) is 0.745. The molecule has 0 aromatic carbocycles. The van der Waals surface area contributed by atoms with Crippen LogP contribution in [0.15, 0.2) is 6.33 Å². The highest BCUT2D eigenvalue weighted by atomic mass is 15.1. The first-order valence-electron chi connectivity index (χ1n) is 7.86. The van der Waals surface area contributed by atoms with Gasteiger partial charge in [-0.25, -0.2) is 9.97 Å². The van der Waals surface area contributed by atoms with Gasteiger partial charge in [0.15, 0.2) is 0 Å². The lowest BCUT2D eigenvalue weighted by Gasteiger charge is -2.24. The maximum atomic E-state index is 4.46. The summed E-state index contributed by atoms with van der Waals surface area (Å²) in [6.07, 6.45) is 3.90. The van der Waals surface area contributed by atoms with Crippen molar-refractivity contribution in [2.75, 3.05) is 17.2 Å². The van der Waals surface area contributed by atoms with Gasteiger partial charge in [-0.05, 0) is 25.2 Å². The summed E-state index contributed by atoms with van der Waals surface area (Å²) < 4.78 is 0. The van der Waals surface area contributed by atoms with Gasteiger partial charge >= 0.3 is 0 Å². The molecular formula is C16H30N4. The third-order valence-electron chi connectivity index (χ3n) is 3.87. The van der Waals surface area contributed by atoms with Crippen LogP contribution < -0.4 is 10.6 Å². The summed E-state index contributed by atoms with van der Waals surface area (Å²) >= 11 is 0. The molecule has 1 aromatic rings. The van der Waals surface area contributed by atoms with E-state index in [1.807, 2.05) is 0 Å². The van der Waals surface area contributed by atoms with Crippen molar-refractivity contribution in [1.82, 2.24) is 9.97 Å². The Morgan fingerprint density at radius 3 is 2.25 bits per heavy atom. The van der Waals surface area contributed by atoms with Crippen LogP contribution in [0.1, 0.15) is 65.9 Å². The second-order valence-electron chi connectivity index (χ2n) is 5.88. The van der Waals surface area contributed by atoms with E-state index in [2.05, 4.69) is 62.1 Å². The van der Waals surface area contributed by atoms with Crippen LogP contribution in [0, 0.1) is 5.92 Å². The van der Waals surface area contributed by atoms with Crippen molar-refractivity contribution >= 4 is 11.6 Å². The van der Waals surface area contributed by atoms with Crippen LogP contribution in [-0.4, -0.2) is 22.6 Å². The molecule has 2 N–H and O–H groups in total. The van der Waals surface area contributed by atoms with E-state index in [4.69, 9.17) is 0 Å². The van der Waals surface area contributed by atoms with Crippen LogP contribution in [0.4, 0.5) is 11.6 Å². The van der Waals surface area contributed by atoms with Crippen molar-refractivity contribution in [3.63, 3.8) is 0 Å². The van der Waals surface area contributed by atoms with Gasteiger partial charge in [0.1, 0.15) is 18.0 Å². The Morgan fingerprint density at radius 1 is 1.05 bits per heavy atom. The summed E-state index contributed by atoms with van der Waals surface area (Å²) in [6, 6.07) is 0.409. The summed E-state index contributed by atoms with van der Waals surface area (Å²) in [5.41, 5.74) is 1.19. The zero-order valence-electron chi connectivity index (χ0n) is 13.8. The Labute approximate surface area is 123 Å². The normalized spacial score (nSPS) is 14.2. The lowest BCUT2D eigenvalue weighted by Crippen LogP contribution is -2.25. The summed E-state index contributed by atoms with van der Waals surface area (Å²) in [6.45, 7) is 14.2. The Morgan fingerprint density at radius 2 is 1.70 bits per heavy atom. The zero-order chi connectivity index (χ0) is 15.1. The van der Waals surface area contributed by atoms with E-state index in [0.717, 1.165) is 31.0 Å². The standard InChI is InChI=1S/C16H30N4/c1-7-9-17-15-14(11(3)4)16(19-10-18-15)20-13(6)12(5)8-2/h10-13H,7-9H2,1-6H3,(H2,17,18,19,20). The molecule has 0 fully saturated rings. The highest BCUT2D eigenvalue weighted by Gasteiger charge is 2.18. The smallest absolute Gasteiger partial charge is 0.135 e. The first kappa shape index (κ1) is 16.7. The van der Waals surface area contributed by atoms with Gasteiger partial charge in [-0.3, -0.25) is 0 Å². The van der Waals surface area contributed by atoms with E-state index in [0.29, 0.717) is 17.9 Å². The topological polar surface area (TPSA) is 49.8 Å². The Kier molecular flexibility index (Phi) is 6.76. The lowest BCUT2D eigenvalue weighted by molar-refractivity contribution is 0.493. The molecule has 0 aliphatic carbocycles. The van der Waals surface area contributed by atoms with Gasteiger partial charge in [0, 0.05) is 18.2 Å². The predicted molar refractivity (Wildman–Crippen MR) is 87.4 cm³/mol. The fourth-order valence-electron chi connectivity index (χ4n) is 2.15. The minimum Gasteiger partial charge on any atom is -0.370 e. The third kappa shape index (κ3) is 4.36. The molecule has 1 aromatic heterocycles. The van der Waals surface area contributed by atoms with Gasteiger partial charge in [-0.1, -0.05) is 41.0 Å². The second-order valence-corrected chi connectivity index (χ2v) is 5.88. The summed E-state index contributed by atoms with van der Waals surface area (Å²) in [4.78, 5) is 8.87. The number of hydrogen-bond donors (Lipinski definition) is 2. The minimum atomic E-state index is 0.391. The third-order valence-corrected chi connectivity index (χ3v) is 3.87. The van der Waals surface area contributed by atoms with Gasteiger partial charge < -0.3 is 10.6 Å². The highest BCUT2D eigenvalue weighted by molar-refractivity contribution is 5.59. The average molecular weight is 278 g/mol. The van der Waals surface area contributed by atoms with E-state index in [-0.39, 0.29) is 0 Å². The van der Waals surface area contributed by atoms with Crippen LogP contribution in [0.25, 0.3) is 0 Å². The van der Waals surface area contributed by atoms with E-state index in [9.17, 15) is 0 Å². The molecule has 4 heteroatoms. The van der Waals surface area contributed by atoms with Crippen molar-refractivity contribution in [1.29, 1.82) is 0 Å². The maximum Gasteiger partial charge on any atom is 0.135 e. The average Bonchev–Trinajstić information content (AvgIpc) is 2.43. The van der Waals surface area contributed by atoms with Gasteiger partial charge in [0.05, 0.1) is 0 Å². The molecule has 2 atom stereocenters. The van der Waals surface area contributed by atoms with Crippen molar-refractivity contribution in [2.45, 2.75) is 66.3 Å². The van der Waals surface area contributed by atoms with Crippen LogP contribution in [0.5, 0.6) is 0 Å². The molecule has 0 amide bonds. The molecule has 20 heavy (non-hydrogen) atoms. The number of rotatable bonds is 8. The first-order chi connectivity index (χ1) is 9.51. The number of hydrogen-bond acceptors (Lipinski definition) is 4. The Bertz CT molecular complexity index is 403. The van der Waals surface area contributed by atoms with Crippen molar-refractivity contribution < 1.29 is 0 Å². The molecule has 1 heterocycles. The van der Waals surface area contributed by atoms with E-state index in [1.165, 1.54) is 5.56 Å². The van der Waals surface area contributed by atoms with Gasteiger partial charge in [0.2, 0.25) is 0 Å². The minimum absolute atomic E-state index is 0.391. The molecular weight excluding hydrogens is 248 g/mol. The van der Waals surface area contributed by atoms with E-state index in [1.54, 1.807) is 6.33 Å². The Balaban J connectivity index is 2.99. The number of anilines is 2. The molecule has 0 saturated heterocycles. The van der Waals surface area contributed by atoms with Crippen LogP contribution in [0.3, 0.4) is 0 Å². The van der Waals surface area contributed by atoms with Gasteiger partial charge in [0.25, 0.3) is 0 Å². The Hall–Kier alpha value is -1.32. The number of aromatic nitrogens is 2. The van der Waals surface area contributed by atoms with E-state index < -0.39 is 0 Å². The molecule has 0 saturated carbocycles. The molecule has 0 radical (unpaired) electrons. The van der Waals surface area contributed by atoms with Crippen LogP contribution >= 0.6 is 0 Å². The SMILES string of the molecule is CCCNc1ncnc(NC(C)C(C)CC)c1C(C)C. The van der Waals surface area contributed by atoms with Crippen LogP contribution in [0.2, 0.25) is 0 Å². The molecule has 0 aliphatic rings. The van der Waals surface area contributed by atoms with Crippen molar-refractivity contribution in [3.8, 4) is 0 Å². The monoisotopic (exact) mass is 278 g/mol. The van der Waals surface area contributed by atoms with Gasteiger partial charge in [-0.2, -0.15) is 0 Å². The molecule has 4 nitrogen and oxygen atoms in total. The lowest BCUT2D eigenvalue weighted by atomic mass is 9.99. The molecule has 2 unspecified atom stereocenters. The molecule has 0 bridgehead atoms. The van der Waals surface area contributed by atoms with Gasteiger partial charge in [-0.15, -0.1) is 0 Å². The van der Waals surface area contributed by atoms with Crippen LogP contribution in [-0.2, 0) is 0 Å². The fourth-order valence-corrected chi connectivity index (χ4v) is 2.15. The molecule has 0 spiro atoms. The molecule has 0 aliphatic heterocycles. The summed E-state index contributed by atoms with van der Waals surface area (Å²) in [5.74, 6) is 2.95. The largest absolute Gasteiger partial charge is 0.370 e. The molecule has 1 rings (SSSR count). The zero-order valence-corrected chi connectivity index (χ0v) is 13.8. The number of nitrogens with zero attached hydrogens (tertiary/aromatic N) is 2. The fraction of sp³-hybridized carbons (Fsp3) is 0.750. The highest BCUT2D eigenvalue weighted by Crippen LogP contribution is 2.29. The first-order valence-corrected chi connectivity index (χ1v) is 7.86. The number of nitrogens with one attached hydrogen (secondary N) is 2. The maximum absolute atomic E-state index is 4.46. The second kappa shape index (κ2) is 8.08. The van der Waals surface area contributed by atoms with Crippen molar-refractivity contribution in [2.24, 2.45) is 5.92 Å². The predicted octanol–water partition coefficient (Wildman–Crippen LogP) is 4.27.